The quantitative estimate of drug-likeness (QED) is 0.256. The van der Waals surface area contributed by atoms with E-state index >= 15 is 0 Å². The predicted octanol–water partition coefficient (Wildman–Crippen LogP) is 8.97. The summed E-state index contributed by atoms with van der Waals surface area (Å²) in [6.45, 7) is 0. The molecule has 1 heteroatoms. The molecule has 0 unspecified atom stereocenters. The molecule has 7 aromatic rings. The van der Waals surface area contributed by atoms with Crippen molar-refractivity contribution in [2.45, 2.75) is 0 Å². The number of aromatic nitrogens is 1. The van der Waals surface area contributed by atoms with Gasteiger partial charge in [0, 0.05) is 28.7 Å². The highest BCUT2D eigenvalue weighted by Crippen LogP contribution is 2.38. The van der Waals surface area contributed by atoms with Crippen molar-refractivity contribution < 1.29 is 0 Å². The fraction of sp³-hybridized carbons (Fsp3) is 0.0303. The number of hydrogen-bond donors (Lipinski definition) is 0. The summed E-state index contributed by atoms with van der Waals surface area (Å²) in [7, 11) is 2.17. The second kappa shape index (κ2) is 7.33. The van der Waals surface area contributed by atoms with Crippen LogP contribution in [0.15, 0.2) is 121 Å². The number of para-hydroxylation sites is 1. The zero-order valence-corrected chi connectivity index (χ0v) is 19.0. The number of aryl methyl sites for hydroxylation is 1. The van der Waals surface area contributed by atoms with Gasteiger partial charge in [-0.2, -0.15) is 0 Å². The lowest BCUT2D eigenvalue weighted by molar-refractivity contribution is 1.02. The van der Waals surface area contributed by atoms with E-state index in [1.54, 1.807) is 0 Å². The average molecular weight is 434 g/mol. The minimum absolute atomic E-state index is 1.25. The Hall–Kier alpha value is -4.36. The molecular formula is C33H23N. The van der Waals surface area contributed by atoms with E-state index in [4.69, 9.17) is 0 Å². The molecule has 0 N–H and O–H groups in total. The van der Waals surface area contributed by atoms with Gasteiger partial charge < -0.3 is 4.57 Å². The van der Waals surface area contributed by atoms with Crippen molar-refractivity contribution in [1.82, 2.24) is 4.57 Å². The van der Waals surface area contributed by atoms with Crippen LogP contribution < -0.4 is 0 Å². The van der Waals surface area contributed by atoms with Crippen molar-refractivity contribution in [3.8, 4) is 22.3 Å². The summed E-state index contributed by atoms with van der Waals surface area (Å²) in [5.41, 5.74) is 7.63. The minimum atomic E-state index is 1.25. The number of hydrogen-bond acceptors (Lipinski definition) is 0. The zero-order chi connectivity index (χ0) is 22.6. The molecule has 0 aliphatic heterocycles. The first-order chi connectivity index (χ1) is 16.8. The third-order valence-electron chi connectivity index (χ3n) is 7.20. The Labute approximate surface area is 198 Å². The van der Waals surface area contributed by atoms with Crippen LogP contribution in [0, 0.1) is 0 Å². The summed E-state index contributed by atoms with van der Waals surface area (Å²) in [4.78, 5) is 0. The van der Waals surface area contributed by atoms with Crippen LogP contribution in [0.2, 0.25) is 0 Å². The number of nitrogens with zero attached hydrogens (tertiary/aromatic N) is 1. The summed E-state index contributed by atoms with van der Waals surface area (Å²) >= 11 is 0. The van der Waals surface area contributed by atoms with E-state index in [9.17, 15) is 0 Å². The van der Waals surface area contributed by atoms with Gasteiger partial charge in [0.2, 0.25) is 0 Å². The predicted molar refractivity (Wildman–Crippen MR) is 146 cm³/mol. The molecule has 1 aromatic heterocycles. The van der Waals surface area contributed by atoms with Gasteiger partial charge in [-0.3, -0.25) is 0 Å². The molecule has 160 valence electrons. The monoisotopic (exact) mass is 433 g/mol. The van der Waals surface area contributed by atoms with E-state index in [0.29, 0.717) is 0 Å². The van der Waals surface area contributed by atoms with Crippen molar-refractivity contribution in [2.24, 2.45) is 7.05 Å². The van der Waals surface area contributed by atoms with E-state index in [2.05, 4.69) is 133 Å². The highest BCUT2D eigenvalue weighted by atomic mass is 14.9. The summed E-state index contributed by atoms with van der Waals surface area (Å²) in [5.74, 6) is 0. The summed E-state index contributed by atoms with van der Waals surface area (Å²) in [6.07, 6.45) is 0. The third-order valence-corrected chi connectivity index (χ3v) is 7.20. The lowest BCUT2D eigenvalue weighted by atomic mass is 9.91. The number of fused-ring (bicyclic) bond motifs is 6. The molecule has 0 atom stereocenters. The fourth-order valence-corrected chi connectivity index (χ4v) is 5.59. The second-order valence-electron chi connectivity index (χ2n) is 9.05. The Morgan fingerprint density at radius 3 is 1.82 bits per heavy atom. The molecule has 0 amide bonds. The van der Waals surface area contributed by atoms with Gasteiger partial charge in [-0.25, -0.2) is 0 Å². The summed E-state index contributed by atoms with van der Waals surface area (Å²) < 4.78 is 2.33. The molecule has 6 aromatic carbocycles. The van der Waals surface area contributed by atoms with E-state index in [1.807, 2.05) is 0 Å². The fourth-order valence-electron chi connectivity index (χ4n) is 5.59. The van der Waals surface area contributed by atoms with Crippen molar-refractivity contribution in [3.05, 3.63) is 121 Å². The van der Waals surface area contributed by atoms with Crippen molar-refractivity contribution in [1.29, 1.82) is 0 Å². The maximum atomic E-state index is 2.34. The van der Waals surface area contributed by atoms with Gasteiger partial charge >= 0.3 is 0 Å². The first-order valence-electron chi connectivity index (χ1n) is 11.8. The van der Waals surface area contributed by atoms with Crippen LogP contribution in [0.5, 0.6) is 0 Å². The van der Waals surface area contributed by atoms with Gasteiger partial charge in [0.25, 0.3) is 0 Å². The highest BCUT2D eigenvalue weighted by Gasteiger charge is 2.13. The third kappa shape index (κ3) is 2.74. The van der Waals surface area contributed by atoms with Crippen LogP contribution in [0.1, 0.15) is 0 Å². The molecule has 0 aliphatic rings. The summed E-state index contributed by atoms with van der Waals surface area (Å²) in [6, 6.07) is 44.1. The van der Waals surface area contributed by atoms with Crippen molar-refractivity contribution in [3.63, 3.8) is 0 Å². The van der Waals surface area contributed by atoms with E-state index in [0.717, 1.165) is 0 Å². The van der Waals surface area contributed by atoms with Crippen molar-refractivity contribution >= 4 is 43.4 Å². The van der Waals surface area contributed by atoms with Gasteiger partial charge in [0.1, 0.15) is 0 Å². The second-order valence-corrected chi connectivity index (χ2v) is 9.05. The van der Waals surface area contributed by atoms with E-state index < -0.39 is 0 Å². The first kappa shape index (κ1) is 19.1. The van der Waals surface area contributed by atoms with E-state index in [1.165, 1.54) is 65.6 Å². The molecule has 1 heterocycles. The largest absolute Gasteiger partial charge is 0.343 e. The Morgan fingerprint density at radius 1 is 0.441 bits per heavy atom. The van der Waals surface area contributed by atoms with Crippen molar-refractivity contribution in [2.75, 3.05) is 0 Å². The molecule has 7 rings (SSSR count). The molecule has 0 aliphatic carbocycles. The average Bonchev–Trinajstić information content (AvgIpc) is 3.20. The first-order valence-corrected chi connectivity index (χ1v) is 11.8. The maximum Gasteiger partial charge on any atom is 0.0568 e. The Kier molecular flexibility index (Phi) is 4.13. The summed E-state index contributed by atoms with van der Waals surface area (Å²) in [5, 5.41) is 7.77. The normalized spacial score (nSPS) is 11.7. The Morgan fingerprint density at radius 2 is 1.06 bits per heavy atom. The number of rotatable bonds is 2. The van der Waals surface area contributed by atoms with Gasteiger partial charge in [-0.05, 0) is 50.5 Å². The van der Waals surface area contributed by atoms with Gasteiger partial charge in [-0.15, -0.1) is 0 Å². The molecule has 0 saturated carbocycles. The van der Waals surface area contributed by atoms with Gasteiger partial charge in [0.15, 0.2) is 0 Å². The van der Waals surface area contributed by atoms with E-state index in [-0.39, 0.29) is 0 Å². The van der Waals surface area contributed by atoms with Gasteiger partial charge in [-0.1, -0.05) is 109 Å². The van der Waals surface area contributed by atoms with Gasteiger partial charge in [0.05, 0.1) is 5.52 Å². The zero-order valence-electron chi connectivity index (χ0n) is 19.0. The highest BCUT2D eigenvalue weighted by molar-refractivity contribution is 6.18. The molecule has 0 saturated heterocycles. The number of benzene rings is 6. The molecule has 34 heavy (non-hydrogen) atoms. The smallest absolute Gasteiger partial charge is 0.0568 e. The lowest BCUT2D eigenvalue weighted by Gasteiger charge is -2.13. The molecular weight excluding hydrogens is 410 g/mol. The lowest BCUT2D eigenvalue weighted by Crippen LogP contribution is -1.89. The van der Waals surface area contributed by atoms with Crippen LogP contribution in [-0.4, -0.2) is 4.57 Å². The van der Waals surface area contributed by atoms with Crippen LogP contribution in [0.25, 0.3) is 65.6 Å². The molecule has 0 spiro atoms. The molecule has 0 bridgehead atoms. The maximum absolute atomic E-state index is 2.34. The molecule has 0 fully saturated rings. The SMILES string of the molecule is Cn1c2ccccc2c2ccc3cc(-c4ccc(-c5ccccc5)c5ccccc45)ccc3c21. The van der Waals surface area contributed by atoms with Crippen LogP contribution in [0.3, 0.4) is 0 Å². The Balaban J connectivity index is 1.46. The Bertz CT molecular complexity index is 1860. The van der Waals surface area contributed by atoms with Crippen LogP contribution in [0.4, 0.5) is 0 Å². The minimum Gasteiger partial charge on any atom is -0.343 e. The van der Waals surface area contributed by atoms with Crippen LogP contribution in [-0.2, 0) is 7.05 Å². The standard InChI is InChI=1S/C33H23N/c1-34-32-14-8-7-13-30(32)31-18-16-24-21-23(15-17-27(24)33(31)34)26-20-19-25(22-9-3-2-4-10-22)28-11-5-6-12-29(26)28/h2-21H,1H3. The topological polar surface area (TPSA) is 4.93 Å². The molecule has 1 nitrogen and oxygen atoms in total. The van der Waals surface area contributed by atoms with Crippen LogP contribution >= 0.6 is 0 Å². The molecule has 0 radical (unpaired) electrons.